The van der Waals surface area contributed by atoms with Crippen molar-refractivity contribution >= 4 is 68.7 Å². The molecule has 3 N–H and O–H groups in total. The van der Waals surface area contributed by atoms with Gasteiger partial charge >= 0.3 is 0 Å². The van der Waals surface area contributed by atoms with E-state index in [2.05, 4.69) is 36.8 Å². The zero-order chi connectivity index (χ0) is 23.3. The molecule has 1 aliphatic rings. The van der Waals surface area contributed by atoms with Crippen LogP contribution in [-0.2, 0) is 20.0 Å². The molecular formula is C19H18Br2N4O5S2. The van der Waals surface area contributed by atoms with E-state index in [0.29, 0.717) is 15.4 Å². The predicted molar refractivity (Wildman–Crippen MR) is 126 cm³/mol. The lowest BCUT2D eigenvalue weighted by Gasteiger charge is -2.33. The number of rotatable bonds is 5. The van der Waals surface area contributed by atoms with E-state index in [1.165, 1.54) is 20.7 Å². The first-order valence-corrected chi connectivity index (χ1v) is 13.9. The summed E-state index contributed by atoms with van der Waals surface area (Å²) in [4.78, 5) is 14.7. The number of hydrogen-bond donors (Lipinski definition) is 2. The standard InChI is InChI=1S/C19H18Br2N4O5S2/c20-12-1-4-14(5-2-12)31(27,28)24-7-9-25(10-8-24)32(29,30)18-15-11-13(21)3-6-16(15)23-17(18)19(22)26/h1-6,11,23H,7-10H2,(H2,22,26). The molecule has 13 heteroatoms. The second-order valence-electron chi connectivity index (χ2n) is 7.15. The molecule has 9 nitrogen and oxygen atoms in total. The van der Waals surface area contributed by atoms with Gasteiger partial charge in [-0.2, -0.15) is 8.61 Å². The molecule has 1 aliphatic heterocycles. The Balaban J connectivity index is 1.64. The van der Waals surface area contributed by atoms with Crippen LogP contribution in [0.3, 0.4) is 0 Å². The normalized spacial score (nSPS) is 16.4. The number of aromatic amines is 1. The molecule has 1 saturated heterocycles. The topological polar surface area (TPSA) is 134 Å². The molecular weight excluding hydrogens is 588 g/mol. The van der Waals surface area contributed by atoms with Crippen molar-refractivity contribution in [2.45, 2.75) is 9.79 Å². The van der Waals surface area contributed by atoms with Gasteiger partial charge in [-0.3, -0.25) is 4.79 Å². The van der Waals surface area contributed by atoms with E-state index in [1.807, 2.05) is 0 Å². The molecule has 0 aliphatic carbocycles. The van der Waals surface area contributed by atoms with Gasteiger partial charge < -0.3 is 10.7 Å². The highest BCUT2D eigenvalue weighted by Gasteiger charge is 2.37. The van der Waals surface area contributed by atoms with Crippen LogP contribution in [0.1, 0.15) is 10.5 Å². The summed E-state index contributed by atoms with van der Waals surface area (Å²) in [6.45, 7) is -0.154. The monoisotopic (exact) mass is 604 g/mol. The molecule has 170 valence electrons. The highest BCUT2D eigenvalue weighted by atomic mass is 79.9. The number of nitrogens with two attached hydrogens (primary N) is 1. The van der Waals surface area contributed by atoms with E-state index in [4.69, 9.17) is 5.73 Å². The van der Waals surface area contributed by atoms with Crippen LogP contribution < -0.4 is 5.73 Å². The third-order valence-electron chi connectivity index (χ3n) is 5.21. The first-order valence-electron chi connectivity index (χ1n) is 9.39. The average Bonchev–Trinajstić information content (AvgIpc) is 3.14. The quantitative estimate of drug-likeness (QED) is 0.461. The number of hydrogen-bond acceptors (Lipinski definition) is 5. The summed E-state index contributed by atoms with van der Waals surface area (Å²) in [6, 6.07) is 11.2. The molecule has 3 aromatic rings. The molecule has 2 heterocycles. The summed E-state index contributed by atoms with van der Waals surface area (Å²) in [5.74, 6) is -0.896. The van der Waals surface area contributed by atoms with Crippen molar-refractivity contribution in [3.8, 4) is 0 Å². The van der Waals surface area contributed by atoms with Gasteiger partial charge in [0.15, 0.2) is 0 Å². The number of piperazine rings is 1. The Labute approximate surface area is 201 Å². The van der Waals surface area contributed by atoms with Crippen molar-refractivity contribution in [1.82, 2.24) is 13.6 Å². The van der Waals surface area contributed by atoms with E-state index in [-0.39, 0.29) is 41.7 Å². The molecule has 2 aromatic carbocycles. The zero-order valence-electron chi connectivity index (χ0n) is 16.5. The largest absolute Gasteiger partial charge is 0.364 e. The summed E-state index contributed by atoms with van der Waals surface area (Å²) < 4.78 is 56.6. The molecule has 0 radical (unpaired) electrons. The lowest BCUT2D eigenvalue weighted by atomic mass is 10.2. The van der Waals surface area contributed by atoms with Crippen LogP contribution in [0, 0.1) is 0 Å². The van der Waals surface area contributed by atoms with Crippen LogP contribution in [0.15, 0.2) is 61.2 Å². The minimum atomic E-state index is -4.12. The van der Waals surface area contributed by atoms with Crippen molar-refractivity contribution in [1.29, 1.82) is 0 Å². The maximum absolute atomic E-state index is 13.5. The Morgan fingerprint density at radius 3 is 1.94 bits per heavy atom. The van der Waals surface area contributed by atoms with Gasteiger partial charge in [-0.25, -0.2) is 16.8 Å². The second-order valence-corrected chi connectivity index (χ2v) is 12.8. The minimum absolute atomic E-state index is 0.0183. The SMILES string of the molecule is NC(=O)c1[nH]c2ccc(Br)cc2c1S(=O)(=O)N1CCN(S(=O)(=O)c2ccc(Br)cc2)CC1. The van der Waals surface area contributed by atoms with E-state index in [0.717, 1.165) is 4.47 Å². The minimum Gasteiger partial charge on any atom is -0.364 e. The Morgan fingerprint density at radius 1 is 0.844 bits per heavy atom. The fourth-order valence-corrected chi connectivity index (χ4v) is 7.42. The molecule has 0 bridgehead atoms. The Hall–Kier alpha value is -1.77. The van der Waals surface area contributed by atoms with Gasteiger partial charge in [-0.05, 0) is 42.5 Å². The van der Waals surface area contributed by atoms with Gasteiger partial charge in [0.2, 0.25) is 20.0 Å². The Bertz CT molecular complexity index is 1410. The molecule has 4 rings (SSSR count). The number of fused-ring (bicyclic) bond motifs is 1. The fraction of sp³-hybridized carbons (Fsp3) is 0.211. The van der Waals surface area contributed by atoms with E-state index < -0.39 is 26.0 Å². The van der Waals surface area contributed by atoms with Gasteiger partial charge in [0, 0.05) is 46.0 Å². The van der Waals surface area contributed by atoms with Crippen LogP contribution in [-0.4, -0.2) is 62.5 Å². The van der Waals surface area contributed by atoms with Gasteiger partial charge in [-0.1, -0.05) is 31.9 Å². The third kappa shape index (κ3) is 4.13. The number of benzene rings is 2. The molecule has 1 amide bonds. The van der Waals surface area contributed by atoms with Crippen molar-refractivity contribution in [3.05, 3.63) is 57.1 Å². The summed E-state index contributed by atoms with van der Waals surface area (Å²) in [6.07, 6.45) is 0. The lowest BCUT2D eigenvalue weighted by Crippen LogP contribution is -2.50. The number of carbonyl (C=O) groups is 1. The molecule has 0 unspecified atom stereocenters. The highest BCUT2D eigenvalue weighted by Crippen LogP contribution is 2.32. The molecule has 0 atom stereocenters. The predicted octanol–water partition coefficient (Wildman–Crippen LogP) is 2.49. The smallest absolute Gasteiger partial charge is 0.266 e. The number of H-pyrrole nitrogens is 1. The number of halogens is 2. The van der Waals surface area contributed by atoms with Gasteiger partial charge in [0.1, 0.15) is 10.6 Å². The maximum Gasteiger partial charge on any atom is 0.266 e. The number of primary amides is 1. The molecule has 1 fully saturated rings. The summed E-state index contributed by atoms with van der Waals surface area (Å²) in [5, 5.41) is 0.332. The lowest BCUT2D eigenvalue weighted by molar-refractivity contribution is 0.0993. The highest BCUT2D eigenvalue weighted by molar-refractivity contribution is 9.10. The molecule has 0 spiro atoms. The average molecular weight is 606 g/mol. The zero-order valence-corrected chi connectivity index (χ0v) is 21.3. The summed E-state index contributed by atoms with van der Waals surface area (Å²) in [7, 11) is -7.88. The Morgan fingerprint density at radius 2 is 1.38 bits per heavy atom. The first-order chi connectivity index (χ1) is 15.0. The Kier molecular flexibility index (Phi) is 6.24. The fourth-order valence-electron chi connectivity index (χ4n) is 3.62. The van der Waals surface area contributed by atoms with Crippen LogP contribution in [0.5, 0.6) is 0 Å². The first kappa shape index (κ1) is 23.4. The number of carbonyl (C=O) groups excluding carboxylic acids is 1. The second kappa shape index (κ2) is 8.54. The van der Waals surface area contributed by atoms with Gasteiger partial charge in [0.05, 0.1) is 4.90 Å². The van der Waals surface area contributed by atoms with Crippen molar-refractivity contribution in [2.75, 3.05) is 26.2 Å². The van der Waals surface area contributed by atoms with Gasteiger partial charge in [0.25, 0.3) is 5.91 Å². The molecule has 0 saturated carbocycles. The third-order valence-corrected chi connectivity index (χ3v) is 10.1. The van der Waals surface area contributed by atoms with E-state index in [1.54, 1.807) is 30.3 Å². The number of amides is 1. The van der Waals surface area contributed by atoms with E-state index in [9.17, 15) is 21.6 Å². The number of aromatic nitrogens is 1. The maximum atomic E-state index is 13.5. The molecule has 1 aromatic heterocycles. The number of nitrogens with one attached hydrogen (secondary N) is 1. The van der Waals surface area contributed by atoms with Crippen LogP contribution in [0.25, 0.3) is 10.9 Å². The number of nitrogens with zero attached hydrogens (tertiary/aromatic N) is 2. The van der Waals surface area contributed by atoms with Crippen LogP contribution in [0.4, 0.5) is 0 Å². The van der Waals surface area contributed by atoms with Crippen molar-refractivity contribution in [2.24, 2.45) is 5.73 Å². The van der Waals surface area contributed by atoms with Gasteiger partial charge in [-0.15, -0.1) is 0 Å². The van der Waals surface area contributed by atoms with Crippen molar-refractivity contribution in [3.63, 3.8) is 0 Å². The van der Waals surface area contributed by atoms with Crippen molar-refractivity contribution < 1.29 is 21.6 Å². The summed E-state index contributed by atoms with van der Waals surface area (Å²) >= 11 is 6.59. The number of sulfonamides is 2. The van der Waals surface area contributed by atoms with Crippen LogP contribution in [0.2, 0.25) is 0 Å². The van der Waals surface area contributed by atoms with Crippen LogP contribution >= 0.6 is 31.9 Å². The summed E-state index contributed by atoms with van der Waals surface area (Å²) in [5.41, 5.74) is 5.69. The molecule has 32 heavy (non-hydrogen) atoms. The van der Waals surface area contributed by atoms with E-state index >= 15 is 0 Å².